The van der Waals surface area contributed by atoms with Crippen LogP contribution in [0.15, 0.2) is 18.2 Å². The van der Waals surface area contributed by atoms with E-state index in [-0.39, 0.29) is 50.6 Å². The number of nitrogens with zero attached hydrogens (tertiary/aromatic N) is 1. The summed E-state index contributed by atoms with van der Waals surface area (Å²) in [6.07, 6.45) is 10.6. The normalized spacial score (nSPS) is 24.9. The Labute approximate surface area is 297 Å². The van der Waals surface area contributed by atoms with Gasteiger partial charge in [0.1, 0.15) is 5.75 Å². The van der Waals surface area contributed by atoms with Crippen LogP contribution in [0, 0.1) is 43.1 Å². The van der Waals surface area contributed by atoms with Gasteiger partial charge in [0.2, 0.25) is 5.91 Å². The number of benzene rings is 1. The third-order valence-corrected chi connectivity index (χ3v) is 11.0. The topological polar surface area (TPSA) is 170 Å². The number of phenols is 1. The predicted octanol–water partition coefficient (Wildman–Crippen LogP) is 4.93. The van der Waals surface area contributed by atoms with Crippen LogP contribution in [0.25, 0.3) is 0 Å². The van der Waals surface area contributed by atoms with E-state index in [1.54, 1.807) is 16.7 Å². The molecule has 3 aliphatic carbocycles. The number of rotatable bonds is 15. The number of aromatic hydroxyl groups is 1. The number of carboxylic acids is 1. The first-order valence-corrected chi connectivity index (χ1v) is 17.3. The Morgan fingerprint density at radius 3 is 2.38 bits per heavy atom. The number of aliphatic hydroxyl groups is 1. The molecule has 3 aliphatic rings. The minimum atomic E-state index is -0.902. The Morgan fingerprint density at radius 2 is 1.72 bits per heavy atom. The molecule has 12 heteroatoms. The number of aliphatic carboxylic acids is 1. The van der Waals surface area contributed by atoms with Gasteiger partial charge in [-0.05, 0) is 103 Å². The predicted molar refractivity (Wildman–Crippen MR) is 173 cm³/mol. The van der Waals surface area contributed by atoms with Crippen molar-refractivity contribution in [3.63, 3.8) is 0 Å². The Kier molecular flexibility index (Phi) is 23.3. The minimum absolute atomic E-state index is 0. The first-order chi connectivity index (χ1) is 22.2. The number of thioether (sulfide) groups is 1. The van der Waals surface area contributed by atoms with Gasteiger partial charge in [0.25, 0.3) is 0 Å². The van der Waals surface area contributed by atoms with Gasteiger partial charge in [-0.25, -0.2) is 0 Å². The third kappa shape index (κ3) is 13.1. The van der Waals surface area contributed by atoms with E-state index in [9.17, 15) is 19.8 Å². The molecule has 47 heavy (non-hydrogen) atoms. The van der Waals surface area contributed by atoms with Gasteiger partial charge in [-0.3, -0.25) is 14.5 Å². The number of carbonyl (C=O) groups excluding carboxylic acids is 1. The van der Waals surface area contributed by atoms with E-state index in [2.05, 4.69) is 45.2 Å². The van der Waals surface area contributed by atoms with Crippen LogP contribution in [0.1, 0.15) is 88.7 Å². The zero-order valence-corrected chi connectivity index (χ0v) is 30.2. The number of nitrogens with one attached hydrogen (secondary N) is 1. The van der Waals surface area contributed by atoms with Gasteiger partial charge in [0, 0.05) is 38.9 Å². The fraction of sp³-hybridized carbons (Fsp3) is 0.686. The molecule has 6 atom stereocenters. The van der Waals surface area contributed by atoms with Crippen LogP contribution >= 0.6 is 11.8 Å². The second kappa shape index (κ2) is 24.3. The van der Waals surface area contributed by atoms with E-state index >= 15 is 0 Å². The molecule has 10 nitrogen and oxygen atoms in total. The van der Waals surface area contributed by atoms with Crippen molar-refractivity contribution < 1.29 is 59.0 Å². The van der Waals surface area contributed by atoms with Crippen molar-refractivity contribution in [1.29, 1.82) is 0 Å². The van der Waals surface area contributed by atoms with Crippen LogP contribution in [0.5, 0.6) is 5.75 Å². The molecule has 1 amide bonds. The number of hydrogen-bond donors (Lipinski definition) is 4. The summed E-state index contributed by atoms with van der Waals surface area (Å²) in [5.41, 5.74) is 2.80. The van der Waals surface area contributed by atoms with Crippen LogP contribution in [0.4, 0.5) is 0 Å². The molecule has 1 aromatic rings. The van der Waals surface area contributed by atoms with E-state index in [4.69, 9.17) is 19.1 Å². The molecule has 1 radical (unpaired) electrons. The van der Waals surface area contributed by atoms with Crippen molar-refractivity contribution in [3.05, 3.63) is 49.3 Å². The molecule has 0 saturated heterocycles. The summed E-state index contributed by atoms with van der Waals surface area (Å²) in [6, 6.07) is 5.99. The molecule has 0 spiro atoms. The molecule has 0 heterocycles. The molecule has 261 valence electrons. The fourth-order valence-electron chi connectivity index (χ4n) is 8.15. The second-order valence-corrected chi connectivity index (χ2v) is 14.0. The molecular weight excluding hydrogens is 702 g/mol. The van der Waals surface area contributed by atoms with E-state index in [0.29, 0.717) is 42.5 Å². The van der Waals surface area contributed by atoms with Gasteiger partial charge in [0.15, 0.2) is 0 Å². The van der Waals surface area contributed by atoms with Crippen molar-refractivity contribution in [2.45, 2.75) is 90.1 Å². The van der Waals surface area contributed by atoms with Crippen molar-refractivity contribution in [2.75, 3.05) is 37.7 Å². The van der Waals surface area contributed by atoms with Gasteiger partial charge >= 0.3 is 39.9 Å². The van der Waals surface area contributed by atoms with Crippen molar-refractivity contribution >= 4 is 23.6 Å². The molecule has 2 saturated carbocycles. The number of fused-ring (bicyclic) bond motifs is 5. The first kappa shape index (κ1) is 45.1. The maximum atomic E-state index is 12.4. The van der Waals surface area contributed by atoms with Crippen molar-refractivity contribution in [1.82, 2.24) is 10.2 Å². The van der Waals surface area contributed by atoms with E-state index in [0.717, 1.165) is 69.3 Å². The maximum absolute atomic E-state index is 12.4. The summed E-state index contributed by atoms with van der Waals surface area (Å²) in [7, 11) is 0. The zero-order chi connectivity index (χ0) is 34.7. The Bertz CT molecular complexity index is 1130. The number of hydrogen-bond acceptors (Lipinski definition) is 6. The molecule has 4 N–H and O–H groups in total. The summed E-state index contributed by atoms with van der Waals surface area (Å²) in [4.78, 5) is 25.2. The summed E-state index contributed by atoms with van der Waals surface area (Å²) >= 11 is 1.75. The van der Waals surface area contributed by atoms with Crippen LogP contribution in [-0.4, -0.2) is 75.9 Å². The van der Waals surface area contributed by atoms with Gasteiger partial charge < -0.3 is 20.6 Å². The summed E-state index contributed by atoms with van der Waals surface area (Å²) in [6.45, 7) is 19.2. The molecule has 0 aliphatic heterocycles. The average molecular weight is 753 g/mol. The van der Waals surface area contributed by atoms with Gasteiger partial charge in [-0.15, -0.1) is 0 Å². The Morgan fingerprint density at radius 1 is 1.04 bits per heavy atom. The SMILES string of the molecule is CCSCCN(CC(=O)O)CC(=O)NCCCCCCC1Cc2cc(O)ccc2C2CC[C@@]3(C)C(CC[C@@H]3O)C12.[94Tc].[C-]#[O+].[C-]#[O+].[C-]#[O+]. The standard InChI is InChI=1S/C32H50N2O5S.3CO.Tc/c1-3-40-17-16-34(21-30(38)39)20-29(37)33-15-7-5-4-6-8-22-18-23-19-24(35)9-10-25(23)26-13-14-32(2)27(31(22)26)11-12-28(32)36;3*1-2;/h9-10,19,22,26-28,31,35-36H,3-8,11-18,20-21H2,1-2H3,(H,33,37)(H,38,39);;;;/t22?,26?,27?,28-,31?,32-;;;;/m0..../s1/i;;;;1-4. The number of phenolic OH excluding ortho intramolecular Hbond substituents is 1. The van der Waals surface area contributed by atoms with Crippen molar-refractivity contribution in [2.24, 2.45) is 23.2 Å². The van der Waals surface area contributed by atoms with Gasteiger partial charge in [-0.1, -0.05) is 39.2 Å². The summed E-state index contributed by atoms with van der Waals surface area (Å²) < 4.78 is 22.5. The zero-order valence-electron chi connectivity index (χ0n) is 27.5. The van der Waals surface area contributed by atoms with Crippen LogP contribution < -0.4 is 5.32 Å². The first-order valence-electron chi connectivity index (χ1n) is 16.1. The van der Waals surface area contributed by atoms with Gasteiger partial charge in [0.05, 0.1) is 19.2 Å². The molecule has 0 bridgehead atoms. The molecular formula is C35H50N2O8STc. The molecule has 2 fully saturated rings. The molecule has 4 unspecified atom stereocenters. The number of carboxylic acid groups (broad SMARTS) is 1. The number of carbonyl (C=O) groups is 2. The Balaban J connectivity index is 0.00000286. The van der Waals surface area contributed by atoms with E-state index in [1.807, 2.05) is 12.1 Å². The van der Waals surface area contributed by atoms with Crippen LogP contribution in [0.2, 0.25) is 0 Å². The molecule has 0 aromatic heterocycles. The summed E-state index contributed by atoms with van der Waals surface area (Å²) in [5.74, 6) is 3.47. The van der Waals surface area contributed by atoms with E-state index in [1.165, 1.54) is 17.5 Å². The fourth-order valence-corrected chi connectivity index (χ4v) is 8.82. The third-order valence-electron chi connectivity index (χ3n) is 10.1. The second-order valence-electron chi connectivity index (χ2n) is 12.6. The summed E-state index contributed by atoms with van der Waals surface area (Å²) in [5, 5.41) is 33.2. The molecule has 1 aromatic carbocycles. The van der Waals surface area contributed by atoms with Crippen LogP contribution in [-0.2, 0) is 50.1 Å². The van der Waals surface area contributed by atoms with Crippen molar-refractivity contribution in [3.8, 4) is 5.75 Å². The Hall–Kier alpha value is -1.90. The molecule has 4 rings (SSSR count). The van der Waals surface area contributed by atoms with Crippen LogP contribution in [0.3, 0.4) is 0 Å². The van der Waals surface area contributed by atoms with Gasteiger partial charge in [-0.2, -0.15) is 11.8 Å². The quantitative estimate of drug-likeness (QED) is 0.112. The number of amides is 1. The monoisotopic (exact) mass is 752 g/mol. The average Bonchev–Trinajstić information content (AvgIpc) is 3.36. The number of aliphatic hydroxyl groups excluding tert-OH is 1. The van der Waals surface area contributed by atoms with E-state index < -0.39 is 5.97 Å². The number of unbranched alkanes of at least 4 members (excludes halogenated alkanes) is 3.